The molecule has 1 aromatic heterocycles. The molecule has 0 aliphatic carbocycles. The molecule has 0 saturated carbocycles. The molecule has 3 fully saturated rings. The first-order chi connectivity index (χ1) is 12.0. The molecule has 0 radical (unpaired) electrons. The number of fused-ring (bicyclic) bond motifs is 1. The van der Waals surface area contributed by atoms with Gasteiger partial charge >= 0.3 is 0 Å². The van der Waals surface area contributed by atoms with Crippen LogP contribution in [0.15, 0.2) is 12.3 Å². The molecule has 0 unspecified atom stereocenters. The smallest absolute Gasteiger partial charge is 0.227 e. The third-order valence-corrected chi connectivity index (χ3v) is 7.25. The van der Waals surface area contributed by atoms with E-state index in [1.54, 1.807) is 13.1 Å². The van der Waals surface area contributed by atoms with Gasteiger partial charge in [0.15, 0.2) is 0 Å². The van der Waals surface area contributed by atoms with Crippen LogP contribution in [-0.4, -0.2) is 62.5 Å². The van der Waals surface area contributed by atoms with Gasteiger partial charge in [-0.25, -0.2) is 18.1 Å². The lowest BCUT2D eigenvalue weighted by Crippen LogP contribution is -2.42. The summed E-state index contributed by atoms with van der Waals surface area (Å²) in [7, 11) is -1.34. The Morgan fingerprint density at radius 3 is 3.08 bits per heavy atom. The van der Waals surface area contributed by atoms with Gasteiger partial charge in [0, 0.05) is 38.2 Å². The minimum atomic E-state index is -3.18. The molecule has 1 aromatic rings. The zero-order valence-electron chi connectivity index (χ0n) is 14.6. The number of rotatable bonds is 6. The van der Waals surface area contributed by atoms with Crippen molar-refractivity contribution in [3.63, 3.8) is 0 Å². The zero-order valence-corrected chi connectivity index (χ0v) is 15.4. The number of anilines is 2. The summed E-state index contributed by atoms with van der Waals surface area (Å²) in [4.78, 5) is 11.1. The van der Waals surface area contributed by atoms with Crippen molar-refractivity contribution in [1.29, 1.82) is 0 Å². The molecule has 3 aliphatic rings. The zero-order chi connectivity index (χ0) is 17.7. The molecule has 0 aromatic carbocycles. The summed E-state index contributed by atoms with van der Waals surface area (Å²) in [5.41, 5.74) is -0.175. The van der Waals surface area contributed by atoms with Gasteiger partial charge in [-0.1, -0.05) is 0 Å². The highest BCUT2D eigenvalue weighted by Gasteiger charge is 2.63. The van der Waals surface area contributed by atoms with Gasteiger partial charge < -0.3 is 15.0 Å². The van der Waals surface area contributed by atoms with E-state index in [-0.39, 0.29) is 23.4 Å². The Balaban J connectivity index is 1.52. The Morgan fingerprint density at radius 1 is 1.48 bits per heavy atom. The van der Waals surface area contributed by atoms with E-state index in [9.17, 15) is 8.42 Å². The topological polar surface area (TPSA) is 96.5 Å². The largest absolute Gasteiger partial charge is 0.373 e. The van der Waals surface area contributed by atoms with Gasteiger partial charge in [-0.2, -0.15) is 4.98 Å². The second-order valence-corrected chi connectivity index (χ2v) is 9.25. The molecule has 1 spiro atoms. The van der Waals surface area contributed by atoms with E-state index in [1.807, 2.05) is 13.1 Å². The van der Waals surface area contributed by atoms with Crippen molar-refractivity contribution in [2.45, 2.75) is 31.5 Å². The van der Waals surface area contributed by atoms with Crippen molar-refractivity contribution < 1.29 is 13.2 Å². The first-order valence-electron chi connectivity index (χ1n) is 8.87. The second kappa shape index (κ2) is 6.07. The molecular weight excluding hydrogens is 342 g/mol. The molecular formula is C16H25N5O3S. The van der Waals surface area contributed by atoms with Gasteiger partial charge in [0.25, 0.3) is 0 Å². The molecule has 8 nitrogen and oxygen atoms in total. The van der Waals surface area contributed by atoms with Crippen molar-refractivity contribution >= 4 is 21.8 Å². The van der Waals surface area contributed by atoms with E-state index in [4.69, 9.17) is 4.74 Å². The molecule has 9 heteroatoms. The third kappa shape index (κ3) is 2.88. The van der Waals surface area contributed by atoms with Crippen LogP contribution in [0.4, 0.5) is 11.8 Å². The minimum absolute atomic E-state index is 0.109. The fraction of sp³-hybridized carbons (Fsp3) is 0.750. The second-order valence-electron chi connectivity index (χ2n) is 7.15. The Morgan fingerprint density at radius 2 is 2.32 bits per heavy atom. The number of hydrogen-bond donors (Lipinski definition) is 2. The molecule has 25 heavy (non-hydrogen) atoms. The first kappa shape index (κ1) is 17.0. The lowest BCUT2D eigenvalue weighted by Gasteiger charge is -2.29. The molecule has 4 atom stereocenters. The van der Waals surface area contributed by atoms with Crippen LogP contribution in [0.3, 0.4) is 0 Å². The van der Waals surface area contributed by atoms with Crippen LogP contribution in [0.5, 0.6) is 0 Å². The summed E-state index contributed by atoms with van der Waals surface area (Å²) >= 11 is 0. The number of nitrogens with zero attached hydrogens (tertiary/aromatic N) is 3. The maximum atomic E-state index is 11.8. The highest BCUT2D eigenvalue weighted by Crippen LogP contribution is 2.55. The van der Waals surface area contributed by atoms with E-state index in [2.05, 4.69) is 24.9 Å². The van der Waals surface area contributed by atoms with Gasteiger partial charge in [-0.3, -0.25) is 0 Å². The Labute approximate surface area is 148 Å². The van der Waals surface area contributed by atoms with Gasteiger partial charge in [0.1, 0.15) is 5.82 Å². The van der Waals surface area contributed by atoms with Crippen LogP contribution < -0.4 is 14.9 Å². The van der Waals surface area contributed by atoms with Gasteiger partial charge in [0.2, 0.25) is 16.0 Å². The Kier molecular flexibility index (Phi) is 4.12. The van der Waals surface area contributed by atoms with E-state index in [1.165, 1.54) is 0 Å². The number of aromatic nitrogens is 2. The minimum Gasteiger partial charge on any atom is -0.373 e. The standard InChI is InChI=1S/C16H25N5O3S/c1-3-25(22,23)19-8-11-12-9-21(10-16(12)6-4-13(11)24-16)15-18-7-5-14(17-2)20-15/h5,7,11-13,19H,3-4,6,8-10H2,1-2H3,(H,17,18,20)/t11-,12+,13+,16+/m0/s1. The fourth-order valence-corrected chi connectivity index (χ4v) is 5.23. The van der Waals surface area contributed by atoms with Crippen LogP contribution in [0.1, 0.15) is 19.8 Å². The predicted octanol–water partition coefficient (Wildman–Crippen LogP) is 0.441. The number of ether oxygens (including phenoxy) is 1. The lowest BCUT2D eigenvalue weighted by molar-refractivity contribution is 0.0141. The summed E-state index contributed by atoms with van der Waals surface area (Å²) in [6, 6.07) is 1.84. The van der Waals surface area contributed by atoms with Gasteiger partial charge in [0.05, 0.1) is 24.0 Å². The first-order valence-corrected chi connectivity index (χ1v) is 10.5. The summed E-state index contributed by atoms with van der Waals surface area (Å²) in [6.45, 7) is 3.70. The molecule has 3 aliphatic heterocycles. The van der Waals surface area contributed by atoms with Crippen LogP contribution in [0.25, 0.3) is 0 Å². The van der Waals surface area contributed by atoms with Gasteiger partial charge in [-0.15, -0.1) is 0 Å². The van der Waals surface area contributed by atoms with Crippen LogP contribution in [0.2, 0.25) is 0 Å². The lowest BCUT2D eigenvalue weighted by atomic mass is 9.74. The summed E-state index contributed by atoms with van der Waals surface area (Å²) < 4.78 is 32.7. The number of hydrogen-bond acceptors (Lipinski definition) is 7. The van der Waals surface area contributed by atoms with Crippen LogP contribution >= 0.6 is 0 Å². The predicted molar refractivity (Wildman–Crippen MR) is 95.1 cm³/mol. The van der Waals surface area contributed by atoms with Crippen LogP contribution in [-0.2, 0) is 14.8 Å². The van der Waals surface area contributed by atoms with E-state index in [0.717, 1.165) is 31.7 Å². The number of nitrogens with one attached hydrogen (secondary N) is 2. The van der Waals surface area contributed by atoms with Crippen molar-refractivity contribution in [1.82, 2.24) is 14.7 Å². The van der Waals surface area contributed by atoms with Crippen molar-refractivity contribution in [2.75, 3.05) is 42.7 Å². The third-order valence-electron chi connectivity index (χ3n) is 5.88. The summed E-state index contributed by atoms with van der Waals surface area (Å²) in [5, 5.41) is 3.04. The Hall–Kier alpha value is -1.45. The SMILES string of the molecule is CCS(=O)(=O)NC[C@H]1[C@H]2CN(c3nccc(NC)n3)C[C@]23CC[C@H]1O3. The quantitative estimate of drug-likeness (QED) is 0.753. The van der Waals surface area contributed by atoms with Gasteiger partial charge in [-0.05, 0) is 25.8 Å². The molecule has 138 valence electrons. The molecule has 2 N–H and O–H groups in total. The highest BCUT2D eigenvalue weighted by atomic mass is 32.2. The molecule has 3 saturated heterocycles. The normalized spacial score (nSPS) is 33.7. The summed E-state index contributed by atoms with van der Waals surface area (Å²) in [6.07, 6.45) is 3.95. The van der Waals surface area contributed by atoms with E-state index >= 15 is 0 Å². The van der Waals surface area contributed by atoms with E-state index < -0.39 is 10.0 Å². The highest BCUT2D eigenvalue weighted by molar-refractivity contribution is 7.89. The molecule has 2 bridgehead atoms. The summed E-state index contributed by atoms with van der Waals surface area (Å²) in [5.74, 6) is 2.13. The van der Waals surface area contributed by atoms with Crippen LogP contribution in [0, 0.1) is 11.8 Å². The molecule has 4 rings (SSSR count). The van der Waals surface area contributed by atoms with Crippen molar-refractivity contribution in [3.8, 4) is 0 Å². The molecule has 0 amide bonds. The Bertz CT molecular complexity index is 758. The van der Waals surface area contributed by atoms with Crippen molar-refractivity contribution in [3.05, 3.63) is 12.3 Å². The maximum Gasteiger partial charge on any atom is 0.227 e. The van der Waals surface area contributed by atoms with Crippen molar-refractivity contribution in [2.24, 2.45) is 11.8 Å². The fourth-order valence-electron chi connectivity index (χ4n) is 4.58. The van der Waals surface area contributed by atoms with E-state index in [0.29, 0.717) is 18.4 Å². The number of sulfonamides is 1. The average molecular weight is 367 g/mol. The molecule has 4 heterocycles. The monoisotopic (exact) mass is 367 g/mol. The average Bonchev–Trinajstić information content (AvgIpc) is 3.28. The maximum absolute atomic E-state index is 11.8.